The summed E-state index contributed by atoms with van der Waals surface area (Å²) in [6.45, 7) is 2.07. The molecule has 0 aliphatic heterocycles. The Labute approximate surface area is 157 Å². The van der Waals surface area contributed by atoms with Crippen LogP contribution in [-0.2, 0) is 20.7 Å². The van der Waals surface area contributed by atoms with Crippen molar-refractivity contribution in [3.63, 3.8) is 0 Å². The van der Waals surface area contributed by atoms with Crippen molar-refractivity contribution in [2.45, 2.75) is 57.4 Å². The van der Waals surface area contributed by atoms with E-state index in [1.54, 1.807) is 25.1 Å². The number of benzene rings is 1. The fourth-order valence-corrected chi connectivity index (χ4v) is 3.63. The molecule has 1 heterocycles. The first-order valence-electron chi connectivity index (χ1n) is 9.50. The number of para-hydroxylation sites is 1. The third-order valence-electron chi connectivity index (χ3n) is 4.98. The summed E-state index contributed by atoms with van der Waals surface area (Å²) in [4.78, 5) is 43.9. The van der Waals surface area contributed by atoms with E-state index in [1.807, 2.05) is 6.07 Å². The van der Waals surface area contributed by atoms with Crippen LogP contribution in [0.5, 0.6) is 0 Å². The lowest BCUT2D eigenvalue weighted by Crippen LogP contribution is -2.53. The number of aryl methyl sites for hydroxylation is 1. The van der Waals surface area contributed by atoms with E-state index < -0.39 is 5.54 Å². The van der Waals surface area contributed by atoms with Crippen molar-refractivity contribution in [2.24, 2.45) is 0 Å². The normalized spacial score (nSPS) is 15.6. The molecule has 0 unspecified atom stereocenters. The van der Waals surface area contributed by atoms with Gasteiger partial charge in [-0.25, -0.2) is 9.78 Å². The summed E-state index contributed by atoms with van der Waals surface area (Å²) in [5.74, 6) is 0.0527. The molecule has 3 rings (SSSR count). The second-order valence-electron chi connectivity index (χ2n) is 6.94. The van der Waals surface area contributed by atoms with Gasteiger partial charge < -0.3 is 15.0 Å². The van der Waals surface area contributed by atoms with Crippen molar-refractivity contribution in [2.75, 3.05) is 6.61 Å². The number of H-pyrrole nitrogens is 1. The molecule has 1 aromatic carbocycles. The first-order valence-corrected chi connectivity index (χ1v) is 9.50. The summed E-state index contributed by atoms with van der Waals surface area (Å²) < 4.78 is 5.15. The topological polar surface area (TPSA) is 101 Å². The molecular formula is C20H25N3O4. The van der Waals surface area contributed by atoms with E-state index >= 15 is 0 Å². The van der Waals surface area contributed by atoms with Gasteiger partial charge in [0.15, 0.2) is 0 Å². The fourth-order valence-electron chi connectivity index (χ4n) is 3.63. The van der Waals surface area contributed by atoms with Gasteiger partial charge in [-0.15, -0.1) is 0 Å². The molecule has 7 nitrogen and oxygen atoms in total. The van der Waals surface area contributed by atoms with Crippen molar-refractivity contribution in [1.29, 1.82) is 0 Å². The predicted octanol–water partition coefficient (Wildman–Crippen LogP) is 2.24. The van der Waals surface area contributed by atoms with Crippen molar-refractivity contribution in [3.05, 3.63) is 40.4 Å². The number of fused-ring (bicyclic) bond motifs is 1. The molecule has 1 saturated carbocycles. The first-order chi connectivity index (χ1) is 13.0. The molecule has 0 saturated heterocycles. The van der Waals surface area contributed by atoms with Crippen LogP contribution < -0.4 is 10.9 Å². The van der Waals surface area contributed by atoms with Crippen LogP contribution in [0.3, 0.4) is 0 Å². The summed E-state index contributed by atoms with van der Waals surface area (Å²) >= 11 is 0. The number of esters is 1. The molecule has 1 fully saturated rings. The second-order valence-corrected chi connectivity index (χ2v) is 6.94. The van der Waals surface area contributed by atoms with Crippen molar-refractivity contribution < 1.29 is 14.3 Å². The summed E-state index contributed by atoms with van der Waals surface area (Å²) in [6.07, 6.45) is 4.33. The van der Waals surface area contributed by atoms with Gasteiger partial charge in [-0.05, 0) is 38.3 Å². The van der Waals surface area contributed by atoms with E-state index in [9.17, 15) is 14.4 Å². The molecule has 27 heavy (non-hydrogen) atoms. The minimum atomic E-state index is -0.872. The third-order valence-corrected chi connectivity index (χ3v) is 4.98. The zero-order valence-electron chi connectivity index (χ0n) is 15.5. The summed E-state index contributed by atoms with van der Waals surface area (Å²) in [5, 5.41) is 3.45. The SMILES string of the molecule is CCOC(=O)C1(NC(=O)CCCc2nc3ccccc3c(=O)[nH]2)CCCC1. The van der Waals surface area contributed by atoms with Crippen LogP contribution >= 0.6 is 0 Å². The van der Waals surface area contributed by atoms with Gasteiger partial charge in [0.2, 0.25) is 5.91 Å². The molecule has 0 spiro atoms. The quantitative estimate of drug-likeness (QED) is 0.727. The van der Waals surface area contributed by atoms with Gasteiger partial charge in [0.1, 0.15) is 11.4 Å². The summed E-state index contributed by atoms with van der Waals surface area (Å²) in [6, 6.07) is 7.16. The lowest BCUT2D eigenvalue weighted by Gasteiger charge is -2.27. The van der Waals surface area contributed by atoms with E-state index in [4.69, 9.17) is 4.74 Å². The lowest BCUT2D eigenvalue weighted by molar-refractivity contribution is -0.153. The predicted molar refractivity (Wildman–Crippen MR) is 101 cm³/mol. The van der Waals surface area contributed by atoms with Gasteiger partial charge in [-0.2, -0.15) is 0 Å². The number of ether oxygens (including phenoxy) is 1. The molecule has 1 amide bonds. The standard InChI is InChI=1S/C20H25N3O4/c1-2-27-19(26)20(12-5-6-13-20)23-17(24)11-7-10-16-21-15-9-4-3-8-14(15)18(25)22-16/h3-4,8-9H,2,5-7,10-13H2,1H3,(H,23,24)(H,21,22,25). The van der Waals surface area contributed by atoms with Gasteiger partial charge in [0, 0.05) is 12.8 Å². The molecule has 2 N–H and O–H groups in total. The van der Waals surface area contributed by atoms with Crippen molar-refractivity contribution >= 4 is 22.8 Å². The van der Waals surface area contributed by atoms with Crippen LogP contribution in [0, 0.1) is 0 Å². The maximum atomic E-state index is 12.4. The number of aromatic amines is 1. The molecule has 0 bridgehead atoms. The van der Waals surface area contributed by atoms with Gasteiger partial charge in [-0.1, -0.05) is 25.0 Å². The van der Waals surface area contributed by atoms with E-state index in [2.05, 4.69) is 15.3 Å². The van der Waals surface area contributed by atoms with E-state index in [0.29, 0.717) is 49.0 Å². The highest BCUT2D eigenvalue weighted by Crippen LogP contribution is 2.31. The van der Waals surface area contributed by atoms with Gasteiger partial charge in [-0.3, -0.25) is 9.59 Å². The van der Waals surface area contributed by atoms with Crippen LogP contribution in [0.25, 0.3) is 10.9 Å². The molecule has 2 aromatic rings. The summed E-state index contributed by atoms with van der Waals surface area (Å²) in [5.41, 5.74) is -0.400. The molecule has 144 valence electrons. The fraction of sp³-hybridized carbons (Fsp3) is 0.500. The van der Waals surface area contributed by atoms with Gasteiger partial charge >= 0.3 is 5.97 Å². The number of hydrogen-bond acceptors (Lipinski definition) is 5. The van der Waals surface area contributed by atoms with Crippen LogP contribution in [0.4, 0.5) is 0 Å². The number of rotatable bonds is 7. The number of hydrogen-bond donors (Lipinski definition) is 2. The minimum Gasteiger partial charge on any atom is -0.464 e. The Morgan fingerprint density at radius 1 is 1.26 bits per heavy atom. The molecule has 0 radical (unpaired) electrons. The maximum absolute atomic E-state index is 12.4. The first kappa shape index (κ1) is 19.1. The Hall–Kier alpha value is -2.70. The molecule has 1 aliphatic carbocycles. The number of carbonyl (C=O) groups is 2. The average molecular weight is 371 g/mol. The van der Waals surface area contributed by atoms with Crippen LogP contribution in [0.1, 0.15) is 51.3 Å². The van der Waals surface area contributed by atoms with Crippen molar-refractivity contribution in [3.8, 4) is 0 Å². The molecule has 1 aliphatic rings. The summed E-state index contributed by atoms with van der Waals surface area (Å²) in [7, 11) is 0. The molecule has 7 heteroatoms. The largest absolute Gasteiger partial charge is 0.464 e. The zero-order chi connectivity index (χ0) is 19.3. The zero-order valence-corrected chi connectivity index (χ0v) is 15.5. The third kappa shape index (κ3) is 4.35. The highest BCUT2D eigenvalue weighted by molar-refractivity contribution is 5.88. The number of amides is 1. The number of carbonyl (C=O) groups excluding carboxylic acids is 2. The minimum absolute atomic E-state index is 0.173. The van der Waals surface area contributed by atoms with Gasteiger partial charge in [0.05, 0.1) is 17.5 Å². The van der Waals surface area contributed by atoms with E-state index in [1.165, 1.54) is 0 Å². The Kier molecular flexibility index (Phi) is 5.88. The van der Waals surface area contributed by atoms with Crippen LogP contribution in [0.15, 0.2) is 29.1 Å². The van der Waals surface area contributed by atoms with Crippen LogP contribution in [0.2, 0.25) is 0 Å². The Morgan fingerprint density at radius 3 is 2.74 bits per heavy atom. The Balaban J connectivity index is 1.58. The smallest absolute Gasteiger partial charge is 0.331 e. The van der Waals surface area contributed by atoms with Crippen LogP contribution in [-0.4, -0.2) is 34.0 Å². The highest BCUT2D eigenvalue weighted by atomic mass is 16.5. The number of aromatic nitrogens is 2. The molecule has 1 aromatic heterocycles. The highest BCUT2D eigenvalue weighted by Gasteiger charge is 2.43. The lowest BCUT2D eigenvalue weighted by atomic mass is 9.97. The van der Waals surface area contributed by atoms with E-state index in [-0.39, 0.29) is 23.9 Å². The Bertz CT molecular complexity index is 884. The van der Waals surface area contributed by atoms with Crippen molar-refractivity contribution in [1.82, 2.24) is 15.3 Å². The number of nitrogens with zero attached hydrogens (tertiary/aromatic N) is 1. The number of nitrogens with one attached hydrogen (secondary N) is 2. The van der Waals surface area contributed by atoms with E-state index in [0.717, 1.165) is 12.8 Å². The second kappa shape index (κ2) is 8.33. The molecule has 0 atom stereocenters. The Morgan fingerprint density at radius 2 is 2.00 bits per heavy atom. The maximum Gasteiger partial charge on any atom is 0.331 e. The monoisotopic (exact) mass is 371 g/mol. The van der Waals surface area contributed by atoms with Gasteiger partial charge in [0.25, 0.3) is 5.56 Å². The molecular weight excluding hydrogens is 346 g/mol. The average Bonchev–Trinajstić information content (AvgIpc) is 3.12.